The van der Waals surface area contributed by atoms with Crippen LogP contribution >= 0.6 is 0 Å². The molecule has 0 fully saturated rings. The summed E-state index contributed by atoms with van der Waals surface area (Å²) in [6.45, 7) is 3.72. The average Bonchev–Trinajstić information content (AvgIpc) is 1.38. The number of rotatable bonds is 0. The van der Waals surface area contributed by atoms with E-state index in [0.717, 1.165) is 0 Å². The summed E-state index contributed by atoms with van der Waals surface area (Å²) >= 11 is 0. The second kappa shape index (κ2) is 4.66. The van der Waals surface area contributed by atoms with Crippen molar-refractivity contribution in [3.05, 3.63) is 0 Å². The molecule has 0 aromatic rings. The fourth-order valence-electron chi connectivity index (χ4n) is 0. The van der Waals surface area contributed by atoms with Gasteiger partial charge in [-0.05, 0) is 13.8 Å². The van der Waals surface area contributed by atoms with E-state index in [1.54, 1.807) is 0 Å². The van der Waals surface area contributed by atoms with Gasteiger partial charge in [0, 0.05) is 5.92 Å². The summed E-state index contributed by atoms with van der Waals surface area (Å²) in [7, 11) is 0. The Morgan fingerprint density at radius 3 is 1.83 bits per heavy atom. The standard InChI is InChI=1S/C4H7N.Be.2H/c1-4(2)3-5;;;/h4H,1-2H3;;;/q;+2;2*-1. The summed E-state index contributed by atoms with van der Waals surface area (Å²) in [5.41, 5.74) is 0. The first-order valence-electron chi connectivity index (χ1n) is 1.67. The smallest absolute Gasteiger partial charge is 1.00 e. The molecule has 0 bridgehead atoms. The maximum atomic E-state index is 7.89. The molecule has 0 atom stereocenters. The van der Waals surface area contributed by atoms with Crippen molar-refractivity contribution < 1.29 is 2.85 Å². The molecule has 0 aliphatic carbocycles. The summed E-state index contributed by atoms with van der Waals surface area (Å²) in [5.74, 6) is 0.190. The normalized spacial score (nSPS) is 6.33. The van der Waals surface area contributed by atoms with Gasteiger partial charge >= 0.3 is 10.1 Å². The van der Waals surface area contributed by atoms with E-state index < -0.39 is 0 Å². The fourth-order valence-corrected chi connectivity index (χ4v) is 0. The average molecular weight is 80.1 g/mol. The third kappa shape index (κ3) is 9.40. The largest absolute Gasteiger partial charge is 2.00 e. The van der Waals surface area contributed by atoms with Crippen LogP contribution in [0.4, 0.5) is 0 Å². The van der Waals surface area contributed by atoms with Crippen molar-refractivity contribution in [2.75, 3.05) is 0 Å². The van der Waals surface area contributed by atoms with Crippen LogP contribution in [0.3, 0.4) is 0 Å². The summed E-state index contributed by atoms with van der Waals surface area (Å²) in [5, 5.41) is 7.89. The van der Waals surface area contributed by atoms with E-state index in [0.29, 0.717) is 0 Å². The summed E-state index contributed by atoms with van der Waals surface area (Å²) in [6.07, 6.45) is 0. The first-order valence-corrected chi connectivity index (χ1v) is 1.67. The molecule has 6 heavy (non-hydrogen) atoms. The minimum absolute atomic E-state index is 0. The van der Waals surface area contributed by atoms with Crippen LogP contribution in [0.15, 0.2) is 0 Å². The molecule has 0 aliphatic heterocycles. The van der Waals surface area contributed by atoms with E-state index in [9.17, 15) is 0 Å². The summed E-state index contributed by atoms with van der Waals surface area (Å²) < 4.78 is 0. The molecule has 0 radical (unpaired) electrons. The number of hydrogen-bond acceptors (Lipinski definition) is 1. The van der Waals surface area contributed by atoms with Crippen LogP contribution < -0.4 is 0 Å². The van der Waals surface area contributed by atoms with Crippen LogP contribution in [0, 0.1) is 17.2 Å². The van der Waals surface area contributed by atoms with Gasteiger partial charge in [-0.25, -0.2) is 0 Å². The van der Waals surface area contributed by atoms with Gasteiger partial charge < -0.3 is 2.85 Å². The first-order chi connectivity index (χ1) is 2.27. The van der Waals surface area contributed by atoms with Gasteiger partial charge in [0.15, 0.2) is 0 Å². The molecule has 1 nitrogen and oxygen atoms in total. The van der Waals surface area contributed by atoms with E-state index in [2.05, 4.69) is 0 Å². The van der Waals surface area contributed by atoms with Gasteiger partial charge in [-0.15, -0.1) is 0 Å². The Hall–Kier alpha value is -0.341. The van der Waals surface area contributed by atoms with Crippen molar-refractivity contribution in [2.24, 2.45) is 5.92 Å². The number of hydrogen-bond donors (Lipinski definition) is 0. The van der Waals surface area contributed by atoms with E-state index in [1.165, 1.54) is 0 Å². The van der Waals surface area contributed by atoms with Crippen LogP contribution in [0.2, 0.25) is 0 Å². The van der Waals surface area contributed by atoms with Gasteiger partial charge in [-0.2, -0.15) is 5.26 Å². The monoisotopic (exact) mass is 80.1 g/mol. The third-order valence-electron chi connectivity index (χ3n) is 0.258. The zero-order chi connectivity index (χ0) is 4.28. The molecule has 0 aromatic heterocycles. The van der Waals surface area contributed by atoms with Gasteiger partial charge in [-0.1, -0.05) is 0 Å². The van der Waals surface area contributed by atoms with Crippen molar-refractivity contribution >= 4 is 10.1 Å². The molecule has 0 aromatic carbocycles. The second-order valence-electron chi connectivity index (χ2n) is 1.28. The Bertz CT molecular complexity index is 59.5. The van der Waals surface area contributed by atoms with E-state index in [1.807, 2.05) is 19.9 Å². The summed E-state index contributed by atoms with van der Waals surface area (Å²) in [6, 6.07) is 2.03. The van der Waals surface area contributed by atoms with Crippen LogP contribution in [-0.4, -0.2) is 10.1 Å². The number of nitrogens with zero attached hydrogens (tertiary/aromatic N) is 1. The van der Waals surface area contributed by atoms with Crippen LogP contribution in [0.1, 0.15) is 16.7 Å². The third-order valence-corrected chi connectivity index (χ3v) is 0.258. The van der Waals surface area contributed by atoms with Gasteiger partial charge in [-0.3, -0.25) is 0 Å². The molecule has 0 amide bonds. The summed E-state index contributed by atoms with van der Waals surface area (Å²) in [4.78, 5) is 0. The Kier molecular flexibility index (Phi) is 7.12. The predicted molar refractivity (Wildman–Crippen MR) is 28.4 cm³/mol. The fraction of sp³-hybridized carbons (Fsp3) is 0.750. The molecule has 0 spiro atoms. The molecule has 0 N–H and O–H groups in total. The molecule has 0 saturated heterocycles. The van der Waals surface area contributed by atoms with Crippen molar-refractivity contribution in [3.8, 4) is 6.07 Å². The molecule has 0 rings (SSSR count). The van der Waals surface area contributed by atoms with Gasteiger partial charge in [0.2, 0.25) is 0 Å². The van der Waals surface area contributed by atoms with E-state index in [4.69, 9.17) is 5.26 Å². The van der Waals surface area contributed by atoms with Gasteiger partial charge in [0.05, 0.1) is 6.07 Å². The van der Waals surface area contributed by atoms with E-state index >= 15 is 0 Å². The molecule has 2 heteroatoms. The maximum absolute atomic E-state index is 7.89. The quantitative estimate of drug-likeness (QED) is 0.398. The van der Waals surface area contributed by atoms with Crippen molar-refractivity contribution in [1.29, 1.82) is 5.26 Å². The van der Waals surface area contributed by atoms with Crippen LogP contribution in [0.5, 0.6) is 0 Å². The minimum Gasteiger partial charge on any atom is -1.00 e. The molecule has 0 aliphatic rings. The zero-order valence-corrected chi connectivity index (χ0v) is 4.23. The molecule has 0 saturated carbocycles. The molecular formula is C4H9BeN. The zero-order valence-electron chi connectivity index (χ0n) is 6.23. The van der Waals surface area contributed by atoms with E-state index in [-0.39, 0.29) is 18.9 Å². The molecule has 32 valence electrons. The topological polar surface area (TPSA) is 23.8 Å². The Balaban J connectivity index is -0.0000000267. The van der Waals surface area contributed by atoms with Gasteiger partial charge in [0.25, 0.3) is 0 Å². The van der Waals surface area contributed by atoms with Crippen LogP contribution in [-0.2, 0) is 0 Å². The molecular weight excluding hydrogens is 71.1 g/mol. The van der Waals surface area contributed by atoms with Gasteiger partial charge in [0.1, 0.15) is 0 Å². The Morgan fingerprint density at radius 2 is 1.83 bits per heavy atom. The SMILES string of the molecule is CC(C)C#N.[Be+2].[H-].[H-]. The Labute approximate surface area is 45.2 Å². The molecule has 0 heterocycles. The van der Waals surface area contributed by atoms with Crippen molar-refractivity contribution in [2.45, 2.75) is 13.8 Å². The maximum Gasteiger partial charge on any atom is 2.00 e. The van der Waals surface area contributed by atoms with Crippen molar-refractivity contribution in [1.82, 2.24) is 0 Å². The first kappa shape index (κ1) is 9.17. The number of nitriles is 1. The predicted octanol–water partition coefficient (Wildman–Crippen LogP) is 1.01. The molecule has 0 unspecified atom stereocenters. The minimum atomic E-state index is 0. The van der Waals surface area contributed by atoms with Crippen molar-refractivity contribution in [3.63, 3.8) is 0 Å². The van der Waals surface area contributed by atoms with Crippen LogP contribution in [0.25, 0.3) is 0 Å². The second-order valence-corrected chi connectivity index (χ2v) is 1.28. The Morgan fingerprint density at radius 1 is 1.67 bits per heavy atom.